The van der Waals surface area contributed by atoms with E-state index in [1.54, 1.807) is 7.11 Å². The third-order valence-electron chi connectivity index (χ3n) is 4.02. The zero-order valence-corrected chi connectivity index (χ0v) is 14.7. The summed E-state index contributed by atoms with van der Waals surface area (Å²) in [5.74, 6) is 0.872. The number of aromatic amines is 1. The number of H-pyrrole nitrogens is 1. The first kappa shape index (κ1) is 16.3. The van der Waals surface area contributed by atoms with Gasteiger partial charge in [0, 0.05) is 28.8 Å². The van der Waals surface area contributed by atoms with Crippen molar-refractivity contribution in [2.75, 3.05) is 19.0 Å². The van der Waals surface area contributed by atoms with E-state index in [1.807, 2.05) is 36.4 Å². The molecule has 0 aliphatic rings. The topological polar surface area (TPSA) is 49.1 Å². The second-order valence-corrected chi connectivity index (χ2v) is 6.05. The lowest BCUT2D eigenvalue weighted by molar-refractivity contribution is 0.415. The van der Waals surface area contributed by atoms with E-state index < -0.39 is 0 Å². The summed E-state index contributed by atoms with van der Waals surface area (Å²) in [5.41, 5.74) is 4.59. The Morgan fingerprint density at radius 2 is 1.96 bits per heavy atom. The minimum absolute atomic E-state index is 0.635. The molecule has 0 spiro atoms. The van der Waals surface area contributed by atoms with E-state index in [9.17, 15) is 0 Å². The third-order valence-corrected chi connectivity index (χ3v) is 4.27. The van der Waals surface area contributed by atoms with Gasteiger partial charge in [-0.2, -0.15) is 0 Å². The first-order chi connectivity index (χ1) is 11.7. The third kappa shape index (κ3) is 3.68. The number of fused-ring (bicyclic) bond motifs is 1. The average Bonchev–Trinajstić information content (AvgIpc) is 2.90. The predicted octanol–water partition coefficient (Wildman–Crippen LogP) is 4.01. The number of methoxy groups -OCH3 is 1. The number of hydrogen-bond acceptors (Lipinski definition) is 2. The van der Waals surface area contributed by atoms with Crippen molar-refractivity contribution in [2.24, 2.45) is 0 Å². The quantitative estimate of drug-likeness (QED) is 0.615. The molecular weight excluding hydrogens is 318 g/mol. The smallest absolute Gasteiger partial charge is 0.170 e. The molecule has 0 unspecified atom stereocenters. The number of rotatable bonds is 5. The van der Waals surface area contributed by atoms with E-state index >= 15 is 0 Å². The molecular formula is C19H21N3OS. The maximum Gasteiger partial charge on any atom is 0.170 e. The van der Waals surface area contributed by atoms with E-state index in [4.69, 9.17) is 17.0 Å². The highest BCUT2D eigenvalue weighted by atomic mass is 32.1. The predicted molar refractivity (Wildman–Crippen MR) is 104 cm³/mol. The lowest BCUT2D eigenvalue weighted by Crippen LogP contribution is -2.30. The van der Waals surface area contributed by atoms with Crippen LogP contribution >= 0.6 is 12.2 Å². The molecule has 4 nitrogen and oxygen atoms in total. The molecule has 0 saturated carbocycles. The molecule has 2 aromatic carbocycles. The van der Waals surface area contributed by atoms with Gasteiger partial charge in [-0.15, -0.1) is 0 Å². The Morgan fingerprint density at radius 3 is 2.71 bits per heavy atom. The van der Waals surface area contributed by atoms with Crippen LogP contribution in [0.25, 0.3) is 10.9 Å². The van der Waals surface area contributed by atoms with Crippen molar-refractivity contribution in [1.82, 2.24) is 10.3 Å². The highest BCUT2D eigenvalue weighted by molar-refractivity contribution is 7.80. The van der Waals surface area contributed by atoms with Crippen molar-refractivity contribution in [3.8, 4) is 5.75 Å². The highest BCUT2D eigenvalue weighted by Crippen LogP contribution is 2.26. The Balaban J connectivity index is 1.63. The molecule has 124 valence electrons. The second kappa shape index (κ2) is 7.36. The monoisotopic (exact) mass is 339 g/mol. The molecule has 0 saturated heterocycles. The SMILES string of the molecule is COc1ccc2[nH]c(C)c(CCNC(=S)Nc3ccccc3)c2c1. The number of ether oxygens (including phenoxy) is 1. The zero-order valence-electron chi connectivity index (χ0n) is 13.8. The summed E-state index contributed by atoms with van der Waals surface area (Å²) in [6, 6.07) is 16.0. The van der Waals surface area contributed by atoms with Crippen LogP contribution in [0.3, 0.4) is 0 Å². The summed E-state index contributed by atoms with van der Waals surface area (Å²) in [6.07, 6.45) is 0.885. The fourth-order valence-corrected chi connectivity index (χ4v) is 3.03. The second-order valence-electron chi connectivity index (χ2n) is 5.64. The maximum absolute atomic E-state index is 5.35. The fourth-order valence-electron chi connectivity index (χ4n) is 2.81. The molecule has 0 radical (unpaired) electrons. The van der Waals surface area contributed by atoms with Crippen LogP contribution in [0.5, 0.6) is 5.75 Å². The first-order valence-electron chi connectivity index (χ1n) is 7.92. The maximum atomic E-state index is 5.35. The Morgan fingerprint density at radius 1 is 1.17 bits per heavy atom. The molecule has 1 heterocycles. The van der Waals surface area contributed by atoms with Crippen LogP contribution in [0.2, 0.25) is 0 Å². The number of thiocarbonyl (C=S) groups is 1. The summed E-state index contributed by atoms with van der Waals surface area (Å²) in [5, 5.41) is 8.29. The van der Waals surface area contributed by atoms with Crippen LogP contribution in [0.15, 0.2) is 48.5 Å². The molecule has 0 fully saturated rings. The standard InChI is InChI=1S/C19H21N3OS/c1-13-16(17-12-15(23-2)8-9-18(17)21-13)10-11-20-19(24)22-14-6-4-3-5-7-14/h3-9,12,21H,10-11H2,1-2H3,(H2,20,22,24). The fraction of sp³-hybridized carbons (Fsp3) is 0.211. The molecule has 3 rings (SSSR count). The normalized spacial score (nSPS) is 10.6. The largest absolute Gasteiger partial charge is 0.497 e. The van der Waals surface area contributed by atoms with Crippen LogP contribution in [0.1, 0.15) is 11.3 Å². The van der Waals surface area contributed by atoms with Gasteiger partial charge in [-0.25, -0.2) is 0 Å². The molecule has 3 N–H and O–H groups in total. The average molecular weight is 339 g/mol. The van der Waals surface area contributed by atoms with Crippen molar-refractivity contribution in [2.45, 2.75) is 13.3 Å². The van der Waals surface area contributed by atoms with Gasteiger partial charge in [0.2, 0.25) is 0 Å². The Labute approximate surface area is 147 Å². The molecule has 5 heteroatoms. The van der Waals surface area contributed by atoms with Crippen molar-refractivity contribution < 1.29 is 4.74 Å². The van der Waals surface area contributed by atoms with Crippen molar-refractivity contribution >= 4 is 33.9 Å². The molecule has 0 aliphatic carbocycles. The van der Waals surface area contributed by atoms with Gasteiger partial charge in [-0.1, -0.05) is 18.2 Å². The van der Waals surface area contributed by atoms with Gasteiger partial charge in [0.05, 0.1) is 7.11 Å². The summed E-state index contributed by atoms with van der Waals surface area (Å²) >= 11 is 5.35. The highest BCUT2D eigenvalue weighted by Gasteiger charge is 2.09. The van der Waals surface area contributed by atoms with Crippen molar-refractivity contribution in [3.63, 3.8) is 0 Å². The number of nitrogens with one attached hydrogen (secondary N) is 3. The van der Waals surface area contributed by atoms with Gasteiger partial charge in [0.1, 0.15) is 5.75 Å². The summed E-state index contributed by atoms with van der Waals surface area (Å²) in [7, 11) is 1.69. The lowest BCUT2D eigenvalue weighted by Gasteiger charge is -2.10. The first-order valence-corrected chi connectivity index (χ1v) is 8.33. The summed E-state index contributed by atoms with van der Waals surface area (Å²) in [6.45, 7) is 2.87. The van der Waals surface area contributed by atoms with Gasteiger partial charge in [0.25, 0.3) is 0 Å². The minimum atomic E-state index is 0.635. The molecule has 3 aromatic rings. The number of hydrogen-bond donors (Lipinski definition) is 3. The number of anilines is 1. The molecule has 0 aliphatic heterocycles. The van der Waals surface area contributed by atoms with Gasteiger partial charge < -0.3 is 20.4 Å². The van der Waals surface area contributed by atoms with Gasteiger partial charge in [0.15, 0.2) is 5.11 Å². The van der Waals surface area contributed by atoms with Gasteiger partial charge >= 0.3 is 0 Å². The van der Waals surface area contributed by atoms with Crippen LogP contribution in [0, 0.1) is 6.92 Å². The van der Waals surface area contributed by atoms with E-state index in [0.29, 0.717) is 5.11 Å². The number of benzene rings is 2. The van der Waals surface area contributed by atoms with E-state index in [1.165, 1.54) is 16.6 Å². The van der Waals surface area contributed by atoms with Gasteiger partial charge in [-0.3, -0.25) is 0 Å². The van der Waals surface area contributed by atoms with Gasteiger partial charge in [-0.05, 0) is 61.5 Å². The molecule has 1 aromatic heterocycles. The van der Waals surface area contributed by atoms with E-state index in [2.05, 4.69) is 34.7 Å². The van der Waals surface area contributed by atoms with E-state index in [-0.39, 0.29) is 0 Å². The Kier molecular flexibility index (Phi) is 5.01. The number of aryl methyl sites for hydroxylation is 1. The van der Waals surface area contributed by atoms with Crippen molar-refractivity contribution in [3.05, 3.63) is 59.8 Å². The lowest BCUT2D eigenvalue weighted by atomic mass is 10.1. The number of aromatic nitrogens is 1. The molecule has 0 amide bonds. The Bertz CT molecular complexity index is 842. The number of para-hydroxylation sites is 1. The molecule has 0 atom stereocenters. The van der Waals surface area contributed by atoms with E-state index in [0.717, 1.165) is 29.9 Å². The minimum Gasteiger partial charge on any atom is -0.497 e. The van der Waals surface area contributed by atoms with Crippen molar-refractivity contribution in [1.29, 1.82) is 0 Å². The zero-order chi connectivity index (χ0) is 16.9. The summed E-state index contributed by atoms with van der Waals surface area (Å²) in [4.78, 5) is 3.42. The summed E-state index contributed by atoms with van der Waals surface area (Å²) < 4.78 is 5.34. The molecule has 24 heavy (non-hydrogen) atoms. The van der Waals surface area contributed by atoms with Crippen LogP contribution in [-0.4, -0.2) is 23.8 Å². The Hall–Kier alpha value is -2.53. The molecule has 0 bridgehead atoms. The van der Waals surface area contributed by atoms with Crippen LogP contribution in [-0.2, 0) is 6.42 Å². The van der Waals surface area contributed by atoms with Crippen LogP contribution in [0.4, 0.5) is 5.69 Å². The van der Waals surface area contributed by atoms with Crippen LogP contribution < -0.4 is 15.4 Å².